The van der Waals surface area contributed by atoms with Crippen molar-refractivity contribution in [2.45, 2.75) is 65.5 Å². The molecule has 1 fully saturated rings. The molecule has 1 aliphatic carbocycles. The van der Waals surface area contributed by atoms with E-state index >= 15 is 0 Å². The molecule has 108 valence electrons. The van der Waals surface area contributed by atoms with Gasteiger partial charge in [0.2, 0.25) is 0 Å². The number of nitrogens with one attached hydrogen (secondary N) is 1. The molecule has 19 heavy (non-hydrogen) atoms. The average molecular weight is 263 g/mol. The molecule has 0 spiro atoms. The van der Waals surface area contributed by atoms with Crippen molar-refractivity contribution in [2.24, 2.45) is 11.8 Å². The van der Waals surface area contributed by atoms with Gasteiger partial charge >= 0.3 is 0 Å². The maximum absolute atomic E-state index is 4.69. The SMILES string of the molecule is CC(C)CC(CNC1CC1)Cc1ccn(C(C)C)n1. The minimum atomic E-state index is 0.460. The highest BCUT2D eigenvalue weighted by molar-refractivity contribution is 5.01. The van der Waals surface area contributed by atoms with Crippen molar-refractivity contribution < 1.29 is 0 Å². The van der Waals surface area contributed by atoms with Gasteiger partial charge in [-0.05, 0) is 64.0 Å². The summed E-state index contributed by atoms with van der Waals surface area (Å²) in [5, 5.41) is 8.37. The number of hydrogen-bond acceptors (Lipinski definition) is 2. The van der Waals surface area contributed by atoms with Crippen LogP contribution in [-0.4, -0.2) is 22.4 Å². The number of hydrogen-bond donors (Lipinski definition) is 1. The predicted molar refractivity (Wildman–Crippen MR) is 80.3 cm³/mol. The van der Waals surface area contributed by atoms with Crippen LogP contribution in [0.2, 0.25) is 0 Å². The molecule has 1 atom stereocenters. The van der Waals surface area contributed by atoms with E-state index in [1.807, 2.05) is 0 Å². The number of rotatable bonds is 8. The fourth-order valence-corrected chi connectivity index (χ4v) is 2.60. The molecule has 1 heterocycles. The van der Waals surface area contributed by atoms with Gasteiger partial charge in [-0.2, -0.15) is 5.10 Å². The maximum atomic E-state index is 4.69. The molecule has 3 heteroatoms. The van der Waals surface area contributed by atoms with Gasteiger partial charge in [0.1, 0.15) is 0 Å². The first-order chi connectivity index (χ1) is 9.04. The van der Waals surface area contributed by atoms with Crippen molar-refractivity contribution in [2.75, 3.05) is 6.54 Å². The first-order valence-corrected chi connectivity index (χ1v) is 7.82. The van der Waals surface area contributed by atoms with Crippen LogP contribution in [0.3, 0.4) is 0 Å². The van der Waals surface area contributed by atoms with Crippen molar-refractivity contribution in [3.63, 3.8) is 0 Å². The Hall–Kier alpha value is -0.830. The van der Waals surface area contributed by atoms with E-state index in [2.05, 4.69) is 55.1 Å². The summed E-state index contributed by atoms with van der Waals surface area (Å²) in [6.45, 7) is 10.1. The predicted octanol–water partition coefficient (Wildman–Crippen LogP) is 3.42. The van der Waals surface area contributed by atoms with Crippen LogP contribution in [0.15, 0.2) is 12.3 Å². The minimum absolute atomic E-state index is 0.460. The molecule has 1 N–H and O–H groups in total. The lowest BCUT2D eigenvalue weighted by Gasteiger charge is -2.18. The van der Waals surface area contributed by atoms with E-state index < -0.39 is 0 Å². The Morgan fingerprint density at radius 2 is 2.05 bits per heavy atom. The monoisotopic (exact) mass is 263 g/mol. The van der Waals surface area contributed by atoms with Gasteiger partial charge in [-0.25, -0.2) is 0 Å². The highest BCUT2D eigenvalue weighted by Crippen LogP contribution is 2.21. The topological polar surface area (TPSA) is 29.9 Å². The second-order valence-corrected chi connectivity index (χ2v) is 6.76. The molecule has 1 aromatic heterocycles. The van der Waals surface area contributed by atoms with E-state index in [0.29, 0.717) is 6.04 Å². The first-order valence-electron chi connectivity index (χ1n) is 7.82. The van der Waals surface area contributed by atoms with Crippen molar-refractivity contribution in [3.05, 3.63) is 18.0 Å². The Morgan fingerprint density at radius 3 is 2.58 bits per heavy atom. The summed E-state index contributed by atoms with van der Waals surface area (Å²) in [7, 11) is 0. The highest BCUT2D eigenvalue weighted by Gasteiger charge is 2.22. The summed E-state index contributed by atoms with van der Waals surface area (Å²) >= 11 is 0. The quantitative estimate of drug-likeness (QED) is 0.779. The van der Waals surface area contributed by atoms with Gasteiger partial charge in [0, 0.05) is 18.3 Å². The third-order valence-electron chi connectivity index (χ3n) is 3.77. The summed E-state index contributed by atoms with van der Waals surface area (Å²) in [6.07, 6.45) is 7.25. The van der Waals surface area contributed by atoms with E-state index in [-0.39, 0.29) is 0 Å². The molecule has 0 aliphatic heterocycles. The Bertz CT molecular complexity index is 377. The lowest BCUT2D eigenvalue weighted by atomic mass is 9.93. The van der Waals surface area contributed by atoms with Gasteiger partial charge in [0.25, 0.3) is 0 Å². The standard InChI is InChI=1S/C16H29N3/c1-12(2)9-14(11-17-15-5-6-15)10-16-7-8-19(18-16)13(3)4/h7-8,12-15,17H,5-6,9-11H2,1-4H3. The third kappa shape index (κ3) is 4.98. The third-order valence-corrected chi connectivity index (χ3v) is 3.77. The number of aromatic nitrogens is 2. The van der Waals surface area contributed by atoms with Crippen LogP contribution in [0.5, 0.6) is 0 Å². The molecule has 1 aromatic rings. The first kappa shape index (κ1) is 14.6. The molecule has 1 unspecified atom stereocenters. The van der Waals surface area contributed by atoms with Crippen molar-refractivity contribution in [1.29, 1.82) is 0 Å². The van der Waals surface area contributed by atoms with E-state index in [4.69, 9.17) is 0 Å². The molecule has 2 rings (SSSR count). The van der Waals surface area contributed by atoms with Crippen molar-refractivity contribution in [1.82, 2.24) is 15.1 Å². The van der Waals surface area contributed by atoms with Crippen molar-refractivity contribution in [3.8, 4) is 0 Å². The van der Waals surface area contributed by atoms with Gasteiger partial charge < -0.3 is 5.32 Å². The largest absolute Gasteiger partial charge is 0.314 e. The van der Waals surface area contributed by atoms with E-state index in [0.717, 1.165) is 30.8 Å². The smallest absolute Gasteiger partial charge is 0.0627 e. The van der Waals surface area contributed by atoms with Gasteiger partial charge in [-0.1, -0.05) is 13.8 Å². The summed E-state index contributed by atoms with van der Waals surface area (Å²) in [4.78, 5) is 0. The van der Waals surface area contributed by atoms with Crippen LogP contribution >= 0.6 is 0 Å². The van der Waals surface area contributed by atoms with Crippen LogP contribution in [0.1, 0.15) is 58.7 Å². The van der Waals surface area contributed by atoms with Crippen LogP contribution in [0.25, 0.3) is 0 Å². The average Bonchev–Trinajstić information content (AvgIpc) is 3.04. The van der Waals surface area contributed by atoms with Gasteiger partial charge in [0.15, 0.2) is 0 Å². The van der Waals surface area contributed by atoms with Crippen LogP contribution in [0, 0.1) is 11.8 Å². The van der Waals surface area contributed by atoms with Crippen LogP contribution in [0.4, 0.5) is 0 Å². The van der Waals surface area contributed by atoms with E-state index in [9.17, 15) is 0 Å². The van der Waals surface area contributed by atoms with E-state index in [1.165, 1.54) is 25.0 Å². The molecule has 1 aliphatic rings. The van der Waals surface area contributed by atoms with Gasteiger partial charge in [-0.15, -0.1) is 0 Å². The molecule has 0 radical (unpaired) electrons. The molecular weight excluding hydrogens is 234 g/mol. The molecule has 3 nitrogen and oxygen atoms in total. The van der Waals surface area contributed by atoms with E-state index in [1.54, 1.807) is 0 Å². The fraction of sp³-hybridized carbons (Fsp3) is 0.812. The van der Waals surface area contributed by atoms with Gasteiger partial charge in [-0.3, -0.25) is 4.68 Å². The second kappa shape index (κ2) is 6.56. The summed E-state index contributed by atoms with van der Waals surface area (Å²) in [5.41, 5.74) is 1.25. The molecule has 0 bridgehead atoms. The molecule has 0 amide bonds. The molecule has 1 saturated carbocycles. The second-order valence-electron chi connectivity index (χ2n) is 6.76. The minimum Gasteiger partial charge on any atom is -0.314 e. The van der Waals surface area contributed by atoms with Crippen LogP contribution in [-0.2, 0) is 6.42 Å². The zero-order valence-electron chi connectivity index (χ0n) is 12.9. The molecular formula is C16H29N3. The molecule has 0 aromatic carbocycles. The van der Waals surface area contributed by atoms with Crippen LogP contribution < -0.4 is 5.32 Å². The zero-order valence-corrected chi connectivity index (χ0v) is 12.9. The normalized spacial score (nSPS) is 17.4. The fourth-order valence-electron chi connectivity index (χ4n) is 2.60. The Balaban J connectivity index is 1.88. The van der Waals surface area contributed by atoms with Gasteiger partial charge in [0.05, 0.1) is 5.69 Å². The summed E-state index contributed by atoms with van der Waals surface area (Å²) in [5.74, 6) is 1.48. The lowest BCUT2D eigenvalue weighted by molar-refractivity contribution is 0.379. The summed E-state index contributed by atoms with van der Waals surface area (Å²) < 4.78 is 2.07. The Labute approximate surface area is 117 Å². The Morgan fingerprint density at radius 1 is 1.32 bits per heavy atom. The zero-order chi connectivity index (χ0) is 13.8. The summed E-state index contributed by atoms with van der Waals surface area (Å²) in [6, 6.07) is 3.45. The Kier molecular flexibility index (Phi) is 5.03. The number of nitrogens with zero attached hydrogens (tertiary/aromatic N) is 2. The lowest BCUT2D eigenvalue weighted by Crippen LogP contribution is -2.27. The maximum Gasteiger partial charge on any atom is 0.0627 e. The van der Waals surface area contributed by atoms with Crippen molar-refractivity contribution >= 4 is 0 Å². The molecule has 0 saturated heterocycles. The highest BCUT2D eigenvalue weighted by atomic mass is 15.3.